The first-order valence-electron chi connectivity index (χ1n) is 9.36. The van der Waals surface area contributed by atoms with Gasteiger partial charge in [0.05, 0.1) is 10.4 Å². The van der Waals surface area contributed by atoms with Crippen molar-refractivity contribution in [2.24, 2.45) is 0 Å². The molecule has 3 aromatic rings. The van der Waals surface area contributed by atoms with Crippen LogP contribution in [0.1, 0.15) is 13.8 Å². The zero-order valence-corrected chi connectivity index (χ0v) is 17.2. The molecule has 3 rings (SSSR count). The van der Waals surface area contributed by atoms with Gasteiger partial charge in [-0.2, -0.15) is 0 Å². The minimum absolute atomic E-state index is 1.06. The highest BCUT2D eigenvalue weighted by Crippen LogP contribution is 2.41. The molecule has 0 unspecified atom stereocenters. The third-order valence-corrected chi connectivity index (χ3v) is 5.67. The largest absolute Gasteiger partial charge is 0.309 e. The lowest BCUT2D eigenvalue weighted by Crippen LogP contribution is -2.20. The average molecular weight is 384 g/mol. The van der Waals surface area contributed by atoms with Gasteiger partial charge in [-0.1, -0.05) is 73.9 Å². The van der Waals surface area contributed by atoms with Crippen LogP contribution in [0.15, 0.2) is 116 Å². The molecule has 0 aliphatic heterocycles. The Labute approximate surface area is 171 Å². The summed E-state index contributed by atoms with van der Waals surface area (Å²) in [5, 5.41) is 2.58. The molecule has 1 nitrogen and oxygen atoms in total. The Morgan fingerprint density at radius 2 is 1.68 bits per heavy atom. The summed E-state index contributed by atoms with van der Waals surface area (Å²) in [4.78, 5) is 2.28. The molecule has 0 bridgehead atoms. The first-order valence-corrected chi connectivity index (χ1v) is 10.2. The number of fused-ring (bicyclic) bond motifs is 3. The fourth-order valence-corrected chi connectivity index (χ4v) is 4.50. The second kappa shape index (κ2) is 9.20. The summed E-state index contributed by atoms with van der Waals surface area (Å²) in [6.07, 6.45) is 16.0. The zero-order chi connectivity index (χ0) is 19.9. The summed E-state index contributed by atoms with van der Waals surface area (Å²) in [5.41, 5.74) is 3.30. The van der Waals surface area contributed by atoms with Crippen molar-refractivity contribution >= 4 is 37.2 Å². The maximum atomic E-state index is 3.92. The number of hydrogen-bond donors (Lipinski definition) is 0. The summed E-state index contributed by atoms with van der Waals surface area (Å²) in [6, 6.07) is 15.1. The van der Waals surface area contributed by atoms with Crippen molar-refractivity contribution in [1.29, 1.82) is 0 Å². The SMILES string of the molecule is C=C/C=C\C(=C/C)N(C(/C=C\C)=C/C=C)c1cccc2c1sc1ccccc12. The van der Waals surface area contributed by atoms with Crippen LogP contribution >= 0.6 is 11.3 Å². The standard InChI is InChI=1S/C26H25NS/c1-5-9-15-20(8-4)27(21(13-6-2)14-7-3)24-18-12-17-23-22-16-10-11-19-25(22)28-26(23)24/h5-19H,1-2H2,3-4H3/b14-7-,15-9-,20-8+,21-13+. The minimum atomic E-state index is 1.06. The fourth-order valence-electron chi connectivity index (χ4n) is 3.30. The van der Waals surface area contributed by atoms with E-state index in [-0.39, 0.29) is 0 Å². The third-order valence-electron chi connectivity index (χ3n) is 4.47. The number of benzene rings is 2. The van der Waals surface area contributed by atoms with Crippen molar-refractivity contribution in [2.75, 3.05) is 4.90 Å². The second-order valence-electron chi connectivity index (χ2n) is 6.22. The molecule has 1 heterocycles. The van der Waals surface area contributed by atoms with Gasteiger partial charge in [-0.25, -0.2) is 0 Å². The van der Waals surface area contributed by atoms with Gasteiger partial charge in [0.2, 0.25) is 0 Å². The van der Waals surface area contributed by atoms with Gasteiger partial charge in [-0.3, -0.25) is 0 Å². The van der Waals surface area contributed by atoms with Gasteiger partial charge in [0, 0.05) is 26.9 Å². The van der Waals surface area contributed by atoms with E-state index in [0.717, 1.165) is 17.1 Å². The van der Waals surface area contributed by atoms with Crippen LogP contribution in [0.2, 0.25) is 0 Å². The number of nitrogens with zero attached hydrogens (tertiary/aromatic N) is 1. The van der Waals surface area contributed by atoms with Gasteiger partial charge in [0.1, 0.15) is 0 Å². The van der Waals surface area contributed by atoms with Crippen LogP contribution in [0, 0.1) is 0 Å². The molecule has 2 heteroatoms. The average Bonchev–Trinajstić information content (AvgIpc) is 3.10. The molecule has 0 N–H and O–H groups in total. The number of rotatable bonds is 7. The van der Waals surface area contributed by atoms with Crippen molar-refractivity contribution in [2.45, 2.75) is 13.8 Å². The highest BCUT2D eigenvalue weighted by Gasteiger charge is 2.18. The Morgan fingerprint density at radius 1 is 0.893 bits per heavy atom. The second-order valence-corrected chi connectivity index (χ2v) is 7.28. The molecule has 0 radical (unpaired) electrons. The highest BCUT2D eigenvalue weighted by atomic mass is 32.1. The van der Waals surface area contributed by atoms with Gasteiger partial charge in [0.15, 0.2) is 0 Å². The van der Waals surface area contributed by atoms with Crippen LogP contribution in [0.4, 0.5) is 5.69 Å². The Bertz CT molecular complexity index is 1120. The minimum Gasteiger partial charge on any atom is -0.309 e. The molecule has 0 aliphatic carbocycles. The Kier molecular flexibility index (Phi) is 6.46. The first-order chi connectivity index (χ1) is 13.7. The van der Waals surface area contributed by atoms with Crippen LogP contribution in [0.25, 0.3) is 20.2 Å². The molecule has 0 spiro atoms. The number of thiophene rings is 1. The summed E-state index contributed by atoms with van der Waals surface area (Å²) in [7, 11) is 0. The van der Waals surface area contributed by atoms with Gasteiger partial charge >= 0.3 is 0 Å². The van der Waals surface area contributed by atoms with Crippen molar-refractivity contribution in [3.05, 3.63) is 116 Å². The zero-order valence-electron chi connectivity index (χ0n) is 16.4. The fraction of sp³-hybridized carbons (Fsp3) is 0.0769. The molecule has 0 saturated carbocycles. The van der Waals surface area contributed by atoms with Crippen molar-refractivity contribution in [3.63, 3.8) is 0 Å². The van der Waals surface area contributed by atoms with E-state index in [1.807, 2.05) is 36.5 Å². The quantitative estimate of drug-likeness (QED) is 0.372. The number of allylic oxidation sites excluding steroid dienone is 8. The molecule has 0 fully saturated rings. The molecular weight excluding hydrogens is 358 g/mol. The van der Waals surface area contributed by atoms with Crippen molar-refractivity contribution < 1.29 is 0 Å². The van der Waals surface area contributed by atoms with E-state index >= 15 is 0 Å². The molecule has 28 heavy (non-hydrogen) atoms. The first kappa shape index (κ1) is 19.7. The lowest BCUT2D eigenvalue weighted by molar-refractivity contribution is 1.14. The Morgan fingerprint density at radius 3 is 2.39 bits per heavy atom. The summed E-state index contributed by atoms with van der Waals surface area (Å²) in [5.74, 6) is 0. The van der Waals surface area contributed by atoms with Gasteiger partial charge in [-0.05, 0) is 44.2 Å². The molecule has 1 aromatic heterocycles. The molecule has 2 aromatic carbocycles. The van der Waals surface area contributed by atoms with Crippen LogP contribution in [0.3, 0.4) is 0 Å². The van der Waals surface area contributed by atoms with E-state index in [1.165, 1.54) is 20.2 Å². The molecule has 0 saturated heterocycles. The maximum absolute atomic E-state index is 3.92. The van der Waals surface area contributed by atoms with Crippen LogP contribution in [-0.4, -0.2) is 0 Å². The molecule has 0 aliphatic rings. The lowest BCUT2D eigenvalue weighted by atomic mass is 10.1. The van der Waals surface area contributed by atoms with E-state index < -0.39 is 0 Å². The predicted molar refractivity (Wildman–Crippen MR) is 128 cm³/mol. The summed E-state index contributed by atoms with van der Waals surface area (Å²) in [6.45, 7) is 11.8. The number of anilines is 1. The monoisotopic (exact) mass is 383 g/mol. The van der Waals surface area contributed by atoms with E-state index in [2.05, 4.69) is 91.8 Å². The van der Waals surface area contributed by atoms with Crippen LogP contribution in [-0.2, 0) is 0 Å². The Hall–Kier alpha value is -3.10. The van der Waals surface area contributed by atoms with Crippen LogP contribution in [0.5, 0.6) is 0 Å². The lowest BCUT2D eigenvalue weighted by Gasteiger charge is -2.27. The topological polar surface area (TPSA) is 3.24 Å². The third kappa shape index (κ3) is 3.78. The van der Waals surface area contributed by atoms with Crippen molar-refractivity contribution in [1.82, 2.24) is 0 Å². The van der Waals surface area contributed by atoms with Gasteiger partial charge in [0.25, 0.3) is 0 Å². The Balaban J connectivity index is 2.34. The van der Waals surface area contributed by atoms with E-state index in [4.69, 9.17) is 0 Å². The normalized spacial score (nSPS) is 13.1. The summed E-state index contributed by atoms with van der Waals surface area (Å²) >= 11 is 1.83. The molecule has 140 valence electrons. The maximum Gasteiger partial charge on any atom is 0.0640 e. The van der Waals surface area contributed by atoms with Gasteiger partial charge in [-0.15, -0.1) is 11.3 Å². The van der Waals surface area contributed by atoms with Crippen molar-refractivity contribution in [3.8, 4) is 0 Å². The van der Waals surface area contributed by atoms with E-state index in [1.54, 1.807) is 6.08 Å². The molecule has 0 atom stereocenters. The summed E-state index contributed by atoms with van der Waals surface area (Å²) < 4.78 is 2.57. The van der Waals surface area contributed by atoms with Gasteiger partial charge < -0.3 is 4.90 Å². The highest BCUT2D eigenvalue weighted by molar-refractivity contribution is 7.26. The number of hydrogen-bond acceptors (Lipinski definition) is 2. The van der Waals surface area contributed by atoms with Crippen LogP contribution < -0.4 is 4.90 Å². The smallest absolute Gasteiger partial charge is 0.0640 e. The molecular formula is C26H25NS. The predicted octanol–water partition coefficient (Wildman–Crippen LogP) is 8.15. The van der Waals surface area contributed by atoms with E-state index in [0.29, 0.717) is 0 Å². The molecule has 0 amide bonds. The van der Waals surface area contributed by atoms with E-state index in [9.17, 15) is 0 Å².